The van der Waals surface area contributed by atoms with Crippen LogP contribution < -0.4 is 16.1 Å². The van der Waals surface area contributed by atoms with E-state index in [1.54, 1.807) is 10.9 Å². The van der Waals surface area contributed by atoms with Gasteiger partial charge in [0.1, 0.15) is 12.1 Å². The molecular formula is C26H30N8O2Si. The molecule has 0 radical (unpaired) electrons. The van der Waals surface area contributed by atoms with E-state index in [1.165, 1.54) is 16.7 Å². The maximum absolute atomic E-state index is 9.29. The Morgan fingerprint density at radius 2 is 1.76 bits per heavy atom. The zero-order valence-corrected chi connectivity index (χ0v) is 22.1. The van der Waals surface area contributed by atoms with Crippen LogP contribution in [0.25, 0.3) is 21.5 Å². The quantitative estimate of drug-likeness (QED) is 0.172. The number of anilines is 1. The van der Waals surface area contributed by atoms with Crippen LogP contribution in [-0.4, -0.2) is 46.8 Å². The predicted molar refractivity (Wildman–Crippen MR) is 145 cm³/mol. The van der Waals surface area contributed by atoms with Gasteiger partial charge in [0.15, 0.2) is 11.9 Å². The van der Waals surface area contributed by atoms with Crippen LogP contribution in [0.15, 0.2) is 78.3 Å². The van der Waals surface area contributed by atoms with E-state index in [-0.39, 0.29) is 11.6 Å². The zero-order chi connectivity index (χ0) is 26.0. The summed E-state index contributed by atoms with van der Waals surface area (Å²) >= 11 is 0. The summed E-state index contributed by atoms with van der Waals surface area (Å²) in [5.41, 5.74) is 15.9. The minimum absolute atomic E-state index is 0.186. The Bertz CT molecular complexity index is 1380. The highest BCUT2D eigenvalue weighted by Gasteiger charge is 2.51. The van der Waals surface area contributed by atoms with Crippen molar-refractivity contribution in [3.63, 3.8) is 0 Å². The average molecular weight is 515 g/mol. The first-order valence-corrected chi connectivity index (χ1v) is 14.1. The average Bonchev–Trinajstić information content (AvgIpc) is 3.50. The monoisotopic (exact) mass is 514 g/mol. The summed E-state index contributed by atoms with van der Waals surface area (Å²) in [6.45, 7) is 6.94. The summed E-state index contributed by atoms with van der Waals surface area (Å²) in [5.74, 6) is 0.354. The van der Waals surface area contributed by atoms with Crippen molar-refractivity contribution in [1.82, 2.24) is 19.7 Å². The molecule has 0 aliphatic carbocycles. The highest BCUT2D eigenvalue weighted by atomic mass is 28.4. The number of nitrogens with zero attached hydrogens (tertiary/aromatic N) is 7. The fourth-order valence-electron chi connectivity index (χ4n) is 5.26. The maximum atomic E-state index is 9.29. The number of hydrogen-bond donors (Lipinski definition) is 1. The molecule has 4 aromatic rings. The van der Waals surface area contributed by atoms with Crippen LogP contribution in [0.2, 0.25) is 5.04 Å². The lowest BCUT2D eigenvalue weighted by Gasteiger charge is -2.43. The number of fused-ring (bicyclic) bond motifs is 1. The second-order valence-electron chi connectivity index (χ2n) is 10.2. The van der Waals surface area contributed by atoms with Gasteiger partial charge in [-0.15, -0.1) is 0 Å². The van der Waals surface area contributed by atoms with Gasteiger partial charge in [0, 0.05) is 11.3 Å². The molecule has 190 valence electrons. The molecule has 0 amide bonds. The molecule has 1 fully saturated rings. The van der Waals surface area contributed by atoms with E-state index < -0.39 is 26.7 Å². The van der Waals surface area contributed by atoms with E-state index in [4.69, 9.17) is 14.9 Å². The number of benzene rings is 2. The molecule has 1 saturated heterocycles. The molecule has 11 heteroatoms. The Morgan fingerprint density at radius 3 is 2.35 bits per heavy atom. The Hall–Kier alpha value is -3.76. The largest absolute Gasteiger partial charge is 0.405 e. The molecule has 1 aliphatic heterocycles. The first kappa shape index (κ1) is 24.9. The second-order valence-corrected chi connectivity index (χ2v) is 14.5. The van der Waals surface area contributed by atoms with Crippen molar-refractivity contribution < 1.29 is 9.16 Å². The summed E-state index contributed by atoms with van der Waals surface area (Å²) in [6.07, 6.45) is 2.54. The summed E-state index contributed by atoms with van der Waals surface area (Å²) in [5, 5.41) is 11.3. The van der Waals surface area contributed by atoms with Gasteiger partial charge in [-0.1, -0.05) is 86.5 Å². The van der Waals surface area contributed by atoms with E-state index in [2.05, 4.69) is 94.4 Å². The first-order valence-electron chi connectivity index (χ1n) is 12.2. The van der Waals surface area contributed by atoms with Crippen molar-refractivity contribution in [1.29, 1.82) is 0 Å². The van der Waals surface area contributed by atoms with Crippen molar-refractivity contribution in [2.24, 2.45) is 5.11 Å². The first-order chi connectivity index (χ1) is 17.8. The molecule has 0 spiro atoms. The molecule has 3 atom stereocenters. The van der Waals surface area contributed by atoms with Crippen molar-refractivity contribution in [2.45, 2.75) is 50.6 Å². The molecule has 37 heavy (non-hydrogen) atoms. The normalized spacial score (nSPS) is 20.1. The summed E-state index contributed by atoms with van der Waals surface area (Å²) in [4.78, 5) is 11.5. The minimum atomic E-state index is -2.78. The molecule has 2 aromatic carbocycles. The highest BCUT2D eigenvalue weighted by molar-refractivity contribution is 6.99. The Balaban J connectivity index is 1.49. The third-order valence-electron chi connectivity index (χ3n) is 6.98. The second kappa shape index (κ2) is 9.95. The van der Waals surface area contributed by atoms with Crippen LogP contribution in [0.3, 0.4) is 0 Å². The number of nitrogen functional groups attached to an aromatic ring is 1. The van der Waals surface area contributed by atoms with Gasteiger partial charge in [-0.05, 0) is 20.9 Å². The zero-order valence-electron chi connectivity index (χ0n) is 21.1. The predicted octanol–water partition coefficient (Wildman–Crippen LogP) is 3.95. The summed E-state index contributed by atoms with van der Waals surface area (Å²) < 4.78 is 15.2. The van der Waals surface area contributed by atoms with Crippen molar-refractivity contribution in [3.8, 4) is 0 Å². The molecule has 0 bridgehead atoms. The molecule has 3 heterocycles. The molecule has 0 saturated carbocycles. The SMILES string of the molecule is CC(C)(C)[Si](OC[C@H]1O[C@H](n2ncc3c(N)ncnc32)C[C@@H]1N=[N+]=[N-])(c1ccccc1)c1ccccc1. The molecule has 2 aromatic heterocycles. The molecule has 1 aliphatic rings. The van der Waals surface area contributed by atoms with Gasteiger partial charge < -0.3 is 14.9 Å². The Morgan fingerprint density at radius 1 is 1.11 bits per heavy atom. The third kappa shape index (κ3) is 4.47. The number of hydrogen-bond acceptors (Lipinski definition) is 7. The van der Waals surface area contributed by atoms with E-state index in [0.717, 1.165) is 0 Å². The lowest BCUT2D eigenvalue weighted by atomic mass is 10.1. The minimum Gasteiger partial charge on any atom is -0.405 e. The molecule has 0 unspecified atom stereocenters. The number of nitrogens with two attached hydrogens (primary N) is 1. The number of azide groups is 1. The van der Waals surface area contributed by atoms with Crippen molar-refractivity contribution >= 4 is 35.5 Å². The van der Waals surface area contributed by atoms with Gasteiger partial charge in [0.25, 0.3) is 8.32 Å². The van der Waals surface area contributed by atoms with Gasteiger partial charge >= 0.3 is 0 Å². The Labute approximate surface area is 216 Å². The highest BCUT2D eigenvalue weighted by Crippen LogP contribution is 2.39. The van der Waals surface area contributed by atoms with Crippen molar-refractivity contribution in [3.05, 3.63) is 83.6 Å². The van der Waals surface area contributed by atoms with E-state index >= 15 is 0 Å². The van der Waals surface area contributed by atoms with Crippen molar-refractivity contribution in [2.75, 3.05) is 12.3 Å². The van der Waals surface area contributed by atoms with Gasteiger partial charge in [0.2, 0.25) is 0 Å². The van der Waals surface area contributed by atoms with E-state index in [9.17, 15) is 5.53 Å². The van der Waals surface area contributed by atoms with E-state index in [1.807, 2.05) is 12.1 Å². The van der Waals surface area contributed by atoms with Crippen LogP contribution in [-0.2, 0) is 9.16 Å². The summed E-state index contributed by atoms with van der Waals surface area (Å²) in [7, 11) is -2.78. The van der Waals surface area contributed by atoms with Gasteiger partial charge in [0.05, 0.1) is 30.3 Å². The van der Waals surface area contributed by atoms with Gasteiger partial charge in [-0.2, -0.15) is 5.10 Å². The van der Waals surface area contributed by atoms with Crippen LogP contribution in [0.5, 0.6) is 0 Å². The van der Waals surface area contributed by atoms with Crippen LogP contribution in [0.1, 0.15) is 33.4 Å². The number of ether oxygens (including phenoxy) is 1. The number of rotatable bonds is 7. The van der Waals surface area contributed by atoms with Crippen LogP contribution >= 0.6 is 0 Å². The molecule has 2 N–H and O–H groups in total. The molecule has 5 rings (SSSR count). The molecular weight excluding hydrogens is 484 g/mol. The smallest absolute Gasteiger partial charge is 0.261 e. The third-order valence-corrected chi connectivity index (χ3v) is 12.0. The lowest BCUT2D eigenvalue weighted by Crippen LogP contribution is -2.67. The summed E-state index contributed by atoms with van der Waals surface area (Å²) in [6, 6.07) is 20.4. The molecule has 10 nitrogen and oxygen atoms in total. The fourth-order valence-corrected chi connectivity index (χ4v) is 9.83. The van der Waals surface area contributed by atoms with E-state index in [0.29, 0.717) is 23.3 Å². The maximum Gasteiger partial charge on any atom is 0.261 e. The van der Waals surface area contributed by atoms with Crippen LogP contribution in [0, 0.1) is 0 Å². The fraction of sp³-hybridized carbons (Fsp3) is 0.346. The van der Waals surface area contributed by atoms with Gasteiger partial charge in [-0.25, -0.2) is 14.6 Å². The standard InChI is InChI=1S/C26H30N8O2Si/c1-26(2,3)37(18-10-6-4-7-11-18,19-12-8-5-9-13-19)35-16-22-21(32-33-28)14-23(36-22)34-25-20(15-31-34)24(27)29-17-30-25/h4-13,15,17,21-23H,14,16H2,1-3H3,(H2,27,29,30)/t21-,22+,23-/m0/s1. The van der Waals surface area contributed by atoms with Crippen LogP contribution in [0.4, 0.5) is 5.82 Å². The Kier molecular flexibility index (Phi) is 6.70. The number of aromatic nitrogens is 4. The van der Waals surface area contributed by atoms with Gasteiger partial charge in [-0.3, -0.25) is 0 Å². The topological polar surface area (TPSA) is 137 Å². The lowest BCUT2D eigenvalue weighted by molar-refractivity contribution is -0.0255.